The third-order valence-electron chi connectivity index (χ3n) is 3.75. The smallest absolute Gasteiger partial charge is 0.333 e. The number of benzene rings is 2. The van der Waals surface area contributed by atoms with E-state index in [1.165, 1.54) is 25.6 Å². The van der Waals surface area contributed by atoms with Gasteiger partial charge in [-0.25, -0.2) is 9.59 Å². The number of Topliss-reactive ketones (excluding diaryl/α,β-unsaturated/α-hetero) is 1. The molecule has 2 aromatic carbocycles. The highest BCUT2D eigenvalue weighted by atomic mass is 32.2. The molecule has 0 aliphatic carbocycles. The summed E-state index contributed by atoms with van der Waals surface area (Å²) in [5.74, 6) is -0.663. The fraction of sp³-hybridized carbons (Fsp3) is 0.217. The van der Waals surface area contributed by atoms with E-state index in [0.29, 0.717) is 16.9 Å². The Balaban J connectivity index is 1.87. The number of hydrogen-bond donors (Lipinski definition) is 0. The minimum atomic E-state index is -0.582. The first-order valence-electron chi connectivity index (χ1n) is 9.36. The Morgan fingerprint density at radius 3 is 2.03 bits per heavy atom. The van der Waals surface area contributed by atoms with Gasteiger partial charge in [-0.2, -0.15) is 0 Å². The van der Waals surface area contributed by atoms with Crippen LogP contribution in [-0.2, 0) is 19.2 Å². The standard InChI is InChI=1S/C23H23NO6S/c1-15(2)23(27)29-14-13-28-19-7-11-21(12-8-19)31-20-9-5-18(6-10-20)22(26)16(3)24-30-17(4)25/h5-12H,1,13-14H2,2-4H3. The summed E-state index contributed by atoms with van der Waals surface area (Å²) in [6.45, 7) is 8.21. The zero-order chi connectivity index (χ0) is 22.8. The SMILES string of the molecule is C=C(C)C(=O)OCCOc1ccc(Sc2ccc(C(=O)C(C)=NOC(C)=O)cc2)cc1. The summed E-state index contributed by atoms with van der Waals surface area (Å²) in [6, 6.07) is 14.5. The fourth-order valence-corrected chi connectivity index (χ4v) is 3.03. The third kappa shape index (κ3) is 8.10. The molecule has 0 N–H and O–H groups in total. The third-order valence-corrected chi connectivity index (χ3v) is 4.77. The Morgan fingerprint density at radius 2 is 1.48 bits per heavy atom. The summed E-state index contributed by atoms with van der Waals surface area (Å²) >= 11 is 1.53. The second-order valence-corrected chi connectivity index (χ2v) is 7.60. The highest BCUT2D eigenvalue weighted by Crippen LogP contribution is 2.29. The summed E-state index contributed by atoms with van der Waals surface area (Å²) < 4.78 is 10.5. The van der Waals surface area contributed by atoms with Gasteiger partial charge >= 0.3 is 11.9 Å². The first-order valence-corrected chi connectivity index (χ1v) is 10.2. The predicted octanol–water partition coefficient (Wildman–Crippen LogP) is 4.46. The topological polar surface area (TPSA) is 91.3 Å². The highest BCUT2D eigenvalue weighted by Gasteiger charge is 2.11. The Bertz CT molecular complexity index is 980. The summed E-state index contributed by atoms with van der Waals surface area (Å²) in [5, 5.41) is 3.51. The number of carbonyl (C=O) groups excluding carboxylic acids is 3. The molecule has 162 valence electrons. The molecule has 0 saturated heterocycles. The number of nitrogens with zero attached hydrogens (tertiary/aromatic N) is 1. The molecule has 0 saturated carbocycles. The van der Waals surface area contributed by atoms with E-state index >= 15 is 0 Å². The Hall–Kier alpha value is -3.39. The zero-order valence-electron chi connectivity index (χ0n) is 17.5. The molecule has 0 fully saturated rings. The van der Waals surface area contributed by atoms with E-state index < -0.39 is 11.9 Å². The van der Waals surface area contributed by atoms with E-state index in [0.717, 1.165) is 9.79 Å². The number of oxime groups is 1. The van der Waals surface area contributed by atoms with Crippen molar-refractivity contribution in [3.8, 4) is 5.75 Å². The lowest BCUT2D eigenvalue weighted by atomic mass is 10.1. The maximum absolute atomic E-state index is 12.3. The van der Waals surface area contributed by atoms with Gasteiger partial charge in [-0.05, 0) is 62.4 Å². The molecule has 31 heavy (non-hydrogen) atoms. The molecular weight excluding hydrogens is 418 g/mol. The molecule has 7 nitrogen and oxygen atoms in total. The van der Waals surface area contributed by atoms with E-state index in [1.54, 1.807) is 19.1 Å². The average Bonchev–Trinajstić information content (AvgIpc) is 2.75. The summed E-state index contributed by atoms with van der Waals surface area (Å²) in [4.78, 5) is 40.8. The van der Waals surface area contributed by atoms with Crippen LogP contribution in [-0.4, -0.2) is 36.6 Å². The number of esters is 1. The molecule has 0 aliphatic heterocycles. The van der Waals surface area contributed by atoms with E-state index in [2.05, 4.69) is 16.6 Å². The van der Waals surface area contributed by atoms with Gasteiger partial charge in [-0.1, -0.05) is 23.5 Å². The van der Waals surface area contributed by atoms with Gasteiger partial charge in [-0.3, -0.25) is 4.79 Å². The number of ketones is 1. The number of rotatable bonds is 10. The molecular formula is C23H23NO6S. The molecule has 8 heteroatoms. The molecule has 0 atom stereocenters. The van der Waals surface area contributed by atoms with Crippen molar-refractivity contribution in [3.63, 3.8) is 0 Å². The van der Waals surface area contributed by atoms with Crippen molar-refractivity contribution in [3.05, 3.63) is 66.2 Å². The van der Waals surface area contributed by atoms with Crippen molar-refractivity contribution in [2.75, 3.05) is 13.2 Å². The fourth-order valence-electron chi connectivity index (χ4n) is 2.21. The first-order chi connectivity index (χ1) is 14.8. The Morgan fingerprint density at radius 1 is 0.903 bits per heavy atom. The Labute approximate surface area is 185 Å². The van der Waals surface area contributed by atoms with E-state index in [-0.39, 0.29) is 24.7 Å². The minimum absolute atomic E-state index is 0.0978. The van der Waals surface area contributed by atoms with Crippen molar-refractivity contribution in [1.29, 1.82) is 0 Å². The van der Waals surface area contributed by atoms with Crippen molar-refractivity contribution in [2.45, 2.75) is 30.6 Å². The van der Waals surface area contributed by atoms with E-state index in [9.17, 15) is 14.4 Å². The van der Waals surface area contributed by atoms with Crippen molar-refractivity contribution < 1.29 is 28.7 Å². The lowest BCUT2D eigenvalue weighted by Gasteiger charge is -2.08. The Kier molecular flexibility index (Phi) is 9.02. The zero-order valence-corrected chi connectivity index (χ0v) is 18.4. The highest BCUT2D eigenvalue weighted by molar-refractivity contribution is 7.99. The van der Waals surface area contributed by atoms with Gasteiger partial charge in [0.05, 0.1) is 0 Å². The maximum Gasteiger partial charge on any atom is 0.333 e. The van der Waals surface area contributed by atoms with Crippen LogP contribution in [0, 0.1) is 0 Å². The number of ether oxygens (including phenoxy) is 2. The van der Waals surface area contributed by atoms with Gasteiger partial charge in [0.2, 0.25) is 5.78 Å². The van der Waals surface area contributed by atoms with Gasteiger partial charge in [0.15, 0.2) is 0 Å². The van der Waals surface area contributed by atoms with Crippen LogP contribution in [0.25, 0.3) is 0 Å². The van der Waals surface area contributed by atoms with Gasteiger partial charge < -0.3 is 14.3 Å². The molecule has 0 aromatic heterocycles. The molecule has 2 rings (SSSR count). The molecule has 0 radical (unpaired) electrons. The van der Waals surface area contributed by atoms with Gasteiger partial charge in [-0.15, -0.1) is 0 Å². The van der Waals surface area contributed by atoms with Crippen LogP contribution in [0.15, 0.2) is 75.6 Å². The van der Waals surface area contributed by atoms with Crippen LogP contribution in [0.5, 0.6) is 5.75 Å². The summed E-state index contributed by atoms with van der Waals surface area (Å²) in [6.07, 6.45) is 0. The first kappa shape index (κ1) is 23.9. The van der Waals surface area contributed by atoms with E-state index in [1.807, 2.05) is 36.4 Å². The molecule has 0 amide bonds. The van der Waals surface area contributed by atoms with Crippen LogP contribution >= 0.6 is 11.8 Å². The molecule has 2 aromatic rings. The minimum Gasteiger partial charge on any atom is -0.490 e. The van der Waals surface area contributed by atoms with Crippen molar-refractivity contribution >= 4 is 35.2 Å². The molecule has 0 aliphatic rings. The monoisotopic (exact) mass is 441 g/mol. The van der Waals surface area contributed by atoms with Crippen LogP contribution in [0.4, 0.5) is 0 Å². The van der Waals surface area contributed by atoms with Gasteiger partial charge in [0, 0.05) is 27.9 Å². The quantitative estimate of drug-likeness (QED) is 0.102. The lowest BCUT2D eigenvalue weighted by molar-refractivity contribution is -0.141. The second-order valence-electron chi connectivity index (χ2n) is 6.45. The van der Waals surface area contributed by atoms with Crippen LogP contribution < -0.4 is 4.74 Å². The van der Waals surface area contributed by atoms with Crippen LogP contribution in [0.1, 0.15) is 31.1 Å². The summed E-state index contributed by atoms with van der Waals surface area (Å²) in [5.41, 5.74) is 0.901. The van der Waals surface area contributed by atoms with Crippen LogP contribution in [0.3, 0.4) is 0 Å². The second kappa shape index (κ2) is 11.7. The van der Waals surface area contributed by atoms with Gasteiger partial charge in [0.25, 0.3) is 0 Å². The lowest BCUT2D eigenvalue weighted by Crippen LogP contribution is -2.12. The normalized spacial score (nSPS) is 10.9. The average molecular weight is 442 g/mol. The number of carbonyl (C=O) groups is 3. The maximum atomic E-state index is 12.3. The molecule has 0 heterocycles. The van der Waals surface area contributed by atoms with Gasteiger partial charge in [0.1, 0.15) is 24.7 Å². The molecule has 0 spiro atoms. The predicted molar refractivity (Wildman–Crippen MR) is 117 cm³/mol. The largest absolute Gasteiger partial charge is 0.490 e. The van der Waals surface area contributed by atoms with Crippen molar-refractivity contribution in [1.82, 2.24) is 0 Å². The number of hydrogen-bond acceptors (Lipinski definition) is 8. The van der Waals surface area contributed by atoms with Crippen LogP contribution in [0.2, 0.25) is 0 Å². The molecule has 0 unspecified atom stereocenters. The summed E-state index contributed by atoms with van der Waals surface area (Å²) in [7, 11) is 0. The van der Waals surface area contributed by atoms with Crippen molar-refractivity contribution in [2.24, 2.45) is 5.16 Å². The molecule has 0 bridgehead atoms. The van der Waals surface area contributed by atoms with E-state index in [4.69, 9.17) is 9.47 Å².